The van der Waals surface area contributed by atoms with E-state index in [2.05, 4.69) is 33.1 Å². The minimum Gasteiger partial charge on any atom is -0.353 e. The summed E-state index contributed by atoms with van der Waals surface area (Å²) in [5.74, 6) is 1.52. The molecule has 1 N–H and O–H groups in total. The standard InChI is InChI=1S/C13H21N5.HI/c1-4-6-15-13(14-2)18-7-5-11(10-18)12-8-16-17(3)9-12;/h4,8-9,11H,1,5-7,10H2,2-3H3,(H,14,15);1H. The van der Waals surface area contributed by atoms with Crippen LogP contribution in [-0.2, 0) is 7.05 Å². The smallest absolute Gasteiger partial charge is 0.193 e. The van der Waals surface area contributed by atoms with Crippen LogP contribution in [0.15, 0.2) is 30.0 Å². The fourth-order valence-electron chi connectivity index (χ4n) is 2.37. The van der Waals surface area contributed by atoms with E-state index in [0.717, 1.165) is 32.0 Å². The number of nitrogens with one attached hydrogen (secondary N) is 1. The Kier molecular flexibility index (Phi) is 6.33. The van der Waals surface area contributed by atoms with Gasteiger partial charge in [-0.05, 0) is 12.0 Å². The largest absolute Gasteiger partial charge is 0.353 e. The van der Waals surface area contributed by atoms with Crippen LogP contribution in [0.4, 0.5) is 0 Å². The number of nitrogens with zero attached hydrogens (tertiary/aromatic N) is 4. The van der Waals surface area contributed by atoms with Crippen LogP contribution in [0.3, 0.4) is 0 Å². The van der Waals surface area contributed by atoms with E-state index in [1.54, 1.807) is 0 Å². The Bertz CT molecular complexity index is 440. The summed E-state index contributed by atoms with van der Waals surface area (Å²) in [4.78, 5) is 6.60. The number of likely N-dealkylation sites (tertiary alicyclic amines) is 1. The molecule has 1 aliphatic heterocycles. The maximum atomic E-state index is 4.30. The van der Waals surface area contributed by atoms with Crippen molar-refractivity contribution in [1.82, 2.24) is 20.0 Å². The molecule has 0 bridgehead atoms. The number of rotatable bonds is 3. The molecule has 0 radical (unpaired) electrons. The molecule has 1 unspecified atom stereocenters. The SMILES string of the molecule is C=CCNC(=NC)N1CCC(c2cnn(C)c2)C1.I. The van der Waals surface area contributed by atoms with Gasteiger partial charge in [-0.3, -0.25) is 9.67 Å². The van der Waals surface area contributed by atoms with Gasteiger partial charge in [0.05, 0.1) is 6.20 Å². The molecule has 0 spiro atoms. The summed E-state index contributed by atoms with van der Waals surface area (Å²) in [7, 11) is 3.78. The Morgan fingerprint density at radius 1 is 1.68 bits per heavy atom. The highest BCUT2D eigenvalue weighted by Crippen LogP contribution is 2.26. The van der Waals surface area contributed by atoms with E-state index >= 15 is 0 Å². The zero-order valence-electron chi connectivity index (χ0n) is 11.5. The highest BCUT2D eigenvalue weighted by Gasteiger charge is 2.26. The third kappa shape index (κ3) is 3.95. The molecule has 0 aliphatic carbocycles. The predicted octanol–water partition coefficient (Wildman–Crippen LogP) is 1.59. The third-order valence-electron chi connectivity index (χ3n) is 3.30. The minimum absolute atomic E-state index is 0. The van der Waals surface area contributed by atoms with Gasteiger partial charge in [0, 0.05) is 45.8 Å². The zero-order chi connectivity index (χ0) is 13.0. The molecular weight excluding hydrogens is 353 g/mol. The lowest BCUT2D eigenvalue weighted by atomic mass is 10.0. The summed E-state index contributed by atoms with van der Waals surface area (Å²) in [5, 5.41) is 7.52. The summed E-state index contributed by atoms with van der Waals surface area (Å²) < 4.78 is 1.86. The zero-order valence-corrected chi connectivity index (χ0v) is 13.9. The fraction of sp³-hybridized carbons (Fsp3) is 0.538. The Balaban J connectivity index is 0.00000180. The van der Waals surface area contributed by atoms with E-state index in [9.17, 15) is 0 Å². The van der Waals surface area contributed by atoms with Gasteiger partial charge in [-0.15, -0.1) is 30.6 Å². The van der Waals surface area contributed by atoms with E-state index in [1.807, 2.05) is 31.1 Å². The molecule has 0 aromatic carbocycles. The topological polar surface area (TPSA) is 45.5 Å². The van der Waals surface area contributed by atoms with Crippen molar-refractivity contribution in [3.8, 4) is 0 Å². The van der Waals surface area contributed by atoms with Crippen LogP contribution in [0.2, 0.25) is 0 Å². The molecule has 19 heavy (non-hydrogen) atoms. The third-order valence-corrected chi connectivity index (χ3v) is 3.30. The van der Waals surface area contributed by atoms with E-state index in [4.69, 9.17) is 0 Å². The summed E-state index contributed by atoms with van der Waals surface area (Å²) in [6, 6.07) is 0. The molecule has 1 saturated heterocycles. The van der Waals surface area contributed by atoms with Crippen molar-refractivity contribution in [3.63, 3.8) is 0 Å². The second kappa shape index (κ2) is 7.52. The van der Waals surface area contributed by atoms with Crippen molar-refractivity contribution in [2.24, 2.45) is 12.0 Å². The molecule has 1 atom stereocenters. The summed E-state index contributed by atoms with van der Waals surface area (Å²) in [6.07, 6.45) is 7.07. The van der Waals surface area contributed by atoms with Gasteiger partial charge in [-0.1, -0.05) is 6.08 Å². The van der Waals surface area contributed by atoms with E-state index < -0.39 is 0 Å². The second-order valence-electron chi connectivity index (χ2n) is 4.60. The number of aryl methyl sites for hydroxylation is 1. The molecule has 106 valence electrons. The number of aliphatic imine (C=N–C) groups is 1. The van der Waals surface area contributed by atoms with Crippen molar-refractivity contribution in [3.05, 3.63) is 30.6 Å². The van der Waals surface area contributed by atoms with Gasteiger partial charge in [-0.25, -0.2) is 0 Å². The van der Waals surface area contributed by atoms with Gasteiger partial charge >= 0.3 is 0 Å². The lowest BCUT2D eigenvalue weighted by molar-refractivity contribution is 0.490. The molecule has 2 rings (SSSR count). The molecule has 0 amide bonds. The van der Waals surface area contributed by atoms with Gasteiger partial charge in [0.25, 0.3) is 0 Å². The van der Waals surface area contributed by atoms with Crippen LogP contribution >= 0.6 is 24.0 Å². The van der Waals surface area contributed by atoms with Crippen molar-refractivity contribution < 1.29 is 0 Å². The normalized spacial score (nSPS) is 19.2. The van der Waals surface area contributed by atoms with Crippen LogP contribution in [0.1, 0.15) is 17.9 Å². The first-order valence-corrected chi connectivity index (χ1v) is 6.29. The van der Waals surface area contributed by atoms with Crippen LogP contribution in [0, 0.1) is 0 Å². The predicted molar refractivity (Wildman–Crippen MR) is 89.1 cm³/mol. The van der Waals surface area contributed by atoms with Gasteiger partial charge in [-0.2, -0.15) is 5.10 Å². The first kappa shape index (κ1) is 16.0. The fourth-order valence-corrected chi connectivity index (χ4v) is 2.37. The number of guanidine groups is 1. The van der Waals surface area contributed by atoms with Gasteiger partial charge in [0.2, 0.25) is 0 Å². The Morgan fingerprint density at radius 3 is 3.05 bits per heavy atom. The number of hydrogen-bond acceptors (Lipinski definition) is 2. The molecule has 1 aromatic rings. The molecule has 2 heterocycles. The van der Waals surface area contributed by atoms with E-state index in [-0.39, 0.29) is 24.0 Å². The quantitative estimate of drug-likeness (QED) is 0.378. The lowest BCUT2D eigenvalue weighted by Crippen LogP contribution is -2.39. The number of halogens is 1. The average molecular weight is 375 g/mol. The molecule has 1 fully saturated rings. The first-order chi connectivity index (χ1) is 8.74. The second-order valence-corrected chi connectivity index (χ2v) is 4.60. The van der Waals surface area contributed by atoms with Crippen molar-refractivity contribution >= 4 is 29.9 Å². The average Bonchev–Trinajstić information content (AvgIpc) is 2.99. The van der Waals surface area contributed by atoms with Crippen LogP contribution < -0.4 is 5.32 Å². The van der Waals surface area contributed by atoms with Crippen molar-refractivity contribution in [1.29, 1.82) is 0 Å². The summed E-state index contributed by atoms with van der Waals surface area (Å²) in [5.41, 5.74) is 1.32. The molecule has 1 aliphatic rings. The number of hydrogen-bond donors (Lipinski definition) is 1. The molecule has 5 nitrogen and oxygen atoms in total. The van der Waals surface area contributed by atoms with Crippen molar-refractivity contribution in [2.75, 3.05) is 26.7 Å². The van der Waals surface area contributed by atoms with Crippen LogP contribution in [-0.4, -0.2) is 47.3 Å². The Hall–Kier alpha value is -1.05. The highest BCUT2D eigenvalue weighted by molar-refractivity contribution is 14.0. The van der Waals surface area contributed by atoms with Gasteiger partial charge < -0.3 is 10.2 Å². The maximum Gasteiger partial charge on any atom is 0.193 e. The Morgan fingerprint density at radius 2 is 2.47 bits per heavy atom. The monoisotopic (exact) mass is 375 g/mol. The first-order valence-electron chi connectivity index (χ1n) is 6.29. The summed E-state index contributed by atoms with van der Waals surface area (Å²) >= 11 is 0. The molecule has 1 aromatic heterocycles. The van der Waals surface area contributed by atoms with Crippen LogP contribution in [0.25, 0.3) is 0 Å². The maximum absolute atomic E-state index is 4.30. The molecule has 0 saturated carbocycles. The van der Waals surface area contributed by atoms with E-state index in [0.29, 0.717) is 5.92 Å². The molecular formula is C13H22IN5. The molecule has 6 heteroatoms. The highest BCUT2D eigenvalue weighted by atomic mass is 127. The van der Waals surface area contributed by atoms with Gasteiger partial charge in [0.1, 0.15) is 0 Å². The Labute approximate surface area is 131 Å². The lowest BCUT2D eigenvalue weighted by Gasteiger charge is -2.20. The van der Waals surface area contributed by atoms with Gasteiger partial charge in [0.15, 0.2) is 5.96 Å². The summed E-state index contributed by atoms with van der Waals surface area (Å²) in [6.45, 7) is 6.50. The van der Waals surface area contributed by atoms with Crippen molar-refractivity contribution in [2.45, 2.75) is 12.3 Å². The van der Waals surface area contributed by atoms with Crippen LogP contribution in [0.5, 0.6) is 0 Å². The van der Waals surface area contributed by atoms with E-state index in [1.165, 1.54) is 5.56 Å². The minimum atomic E-state index is 0. The number of aromatic nitrogens is 2.